The van der Waals surface area contributed by atoms with Gasteiger partial charge in [0.05, 0.1) is 5.56 Å². The number of aryl methyl sites for hydroxylation is 1. The van der Waals surface area contributed by atoms with Crippen molar-refractivity contribution in [3.8, 4) is 0 Å². The summed E-state index contributed by atoms with van der Waals surface area (Å²) in [5.41, 5.74) is 0.366. The highest BCUT2D eigenvalue weighted by atomic mass is 35.5. The van der Waals surface area contributed by atoms with Gasteiger partial charge < -0.3 is 5.32 Å². The van der Waals surface area contributed by atoms with Gasteiger partial charge in [-0.25, -0.2) is 9.97 Å². The summed E-state index contributed by atoms with van der Waals surface area (Å²) in [7, 11) is 0. The standard InChI is InChI=1S/C15H22ClN3O/c1-9(2)11-6-4-5-7-13(11)19-15-12(8-20)14(16)17-10(3)18-15/h8-9,11,13H,4-7H2,1-3H3,(H,17,18,19). The third-order valence-corrected chi connectivity index (χ3v) is 4.41. The Labute approximate surface area is 125 Å². The van der Waals surface area contributed by atoms with Crippen molar-refractivity contribution in [1.82, 2.24) is 9.97 Å². The van der Waals surface area contributed by atoms with Gasteiger partial charge in [-0.2, -0.15) is 0 Å². The average Bonchev–Trinajstić information content (AvgIpc) is 2.38. The number of aromatic nitrogens is 2. The van der Waals surface area contributed by atoms with Crippen LogP contribution in [-0.4, -0.2) is 22.3 Å². The zero-order valence-corrected chi connectivity index (χ0v) is 13.1. The number of nitrogens with one attached hydrogen (secondary N) is 1. The number of hydrogen-bond acceptors (Lipinski definition) is 4. The van der Waals surface area contributed by atoms with Gasteiger partial charge in [-0.15, -0.1) is 0 Å². The molecule has 1 saturated carbocycles. The SMILES string of the molecule is Cc1nc(Cl)c(C=O)c(NC2CCCCC2C(C)C)n1. The summed E-state index contributed by atoms with van der Waals surface area (Å²) in [6.45, 7) is 6.29. The number of rotatable bonds is 4. The van der Waals surface area contributed by atoms with E-state index in [9.17, 15) is 4.79 Å². The van der Waals surface area contributed by atoms with Crippen molar-refractivity contribution < 1.29 is 4.79 Å². The number of halogens is 1. The van der Waals surface area contributed by atoms with Crippen molar-refractivity contribution in [2.45, 2.75) is 52.5 Å². The summed E-state index contributed by atoms with van der Waals surface area (Å²) in [5, 5.41) is 3.68. The highest BCUT2D eigenvalue weighted by Gasteiger charge is 2.28. The average molecular weight is 296 g/mol. The van der Waals surface area contributed by atoms with Crippen LogP contribution in [0.3, 0.4) is 0 Å². The van der Waals surface area contributed by atoms with Gasteiger partial charge in [0.15, 0.2) is 6.29 Å². The molecule has 0 aliphatic heterocycles. The monoisotopic (exact) mass is 295 g/mol. The molecule has 110 valence electrons. The van der Waals surface area contributed by atoms with Crippen LogP contribution in [0.2, 0.25) is 5.15 Å². The fraction of sp³-hybridized carbons (Fsp3) is 0.667. The van der Waals surface area contributed by atoms with Crippen molar-refractivity contribution in [2.24, 2.45) is 11.8 Å². The summed E-state index contributed by atoms with van der Waals surface area (Å²) in [5.74, 6) is 2.39. The highest BCUT2D eigenvalue weighted by molar-refractivity contribution is 6.32. The first-order chi connectivity index (χ1) is 9.52. The molecule has 2 rings (SSSR count). The Morgan fingerprint density at radius 1 is 1.30 bits per heavy atom. The van der Waals surface area contributed by atoms with Gasteiger partial charge in [0.2, 0.25) is 0 Å². The molecule has 1 fully saturated rings. The molecule has 1 aliphatic rings. The van der Waals surface area contributed by atoms with Crippen LogP contribution in [0, 0.1) is 18.8 Å². The van der Waals surface area contributed by atoms with Crippen LogP contribution in [0.1, 0.15) is 55.7 Å². The number of aldehydes is 1. The van der Waals surface area contributed by atoms with Gasteiger partial charge in [0.25, 0.3) is 0 Å². The second kappa shape index (κ2) is 6.53. The molecule has 0 amide bonds. The Bertz CT molecular complexity index is 490. The van der Waals surface area contributed by atoms with Crippen LogP contribution >= 0.6 is 11.6 Å². The summed E-state index contributed by atoms with van der Waals surface area (Å²) >= 11 is 6.03. The minimum atomic E-state index is 0.229. The van der Waals surface area contributed by atoms with E-state index in [4.69, 9.17) is 11.6 Å². The molecule has 2 unspecified atom stereocenters. The molecule has 0 bridgehead atoms. The van der Waals surface area contributed by atoms with Crippen molar-refractivity contribution in [2.75, 3.05) is 5.32 Å². The fourth-order valence-electron chi connectivity index (χ4n) is 3.07. The molecule has 0 spiro atoms. The first kappa shape index (κ1) is 15.2. The van der Waals surface area contributed by atoms with Crippen molar-refractivity contribution in [3.05, 3.63) is 16.5 Å². The van der Waals surface area contributed by atoms with E-state index < -0.39 is 0 Å². The lowest BCUT2D eigenvalue weighted by Crippen LogP contribution is -2.36. The first-order valence-corrected chi connectivity index (χ1v) is 7.66. The minimum Gasteiger partial charge on any atom is -0.366 e. The van der Waals surface area contributed by atoms with E-state index in [2.05, 4.69) is 29.1 Å². The number of carbonyl (C=O) groups is 1. The molecule has 1 N–H and O–H groups in total. The molecule has 1 aromatic heterocycles. The van der Waals surface area contributed by atoms with Crippen LogP contribution in [0.4, 0.5) is 5.82 Å². The minimum absolute atomic E-state index is 0.229. The Balaban J connectivity index is 2.26. The van der Waals surface area contributed by atoms with Gasteiger partial charge in [0, 0.05) is 6.04 Å². The maximum absolute atomic E-state index is 11.2. The predicted molar refractivity (Wildman–Crippen MR) is 81.4 cm³/mol. The van der Waals surface area contributed by atoms with Gasteiger partial charge in [-0.1, -0.05) is 38.3 Å². The zero-order valence-electron chi connectivity index (χ0n) is 12.3. The number of anilines is 1. The number of hydrogen-bond donors (Lipinski definition) is 1. The van der Waals surface area contributed by atoms with Gasteiger partial charge in [-0.3, -0.25) is 4.79 Å². The van der Waals surface area contributed by atoms with Crippen LogP contribution in [0.25, 0.3) is 0 Å². The molecular weight excluding hydrogens is 274 g/mol. The largest absolute Gasteiger partial charge is 0.366 e. The Kier molecular flexibility index (Phi) is 4.97. The topological polar surface area (TPSA) is 54.9 Å². The number of carbonyl (C=O) groups excluding carboxylic acids is 1. The summed E-state index contributed by atoms with van der Waals surface area (Å²) in [6, 6.07) is 0.354. The maximum atomic E-state index is 11.2. The second-order valence-electron chi connectivity index (χ2n) is 5.88. The Hall–Kier alpha value is -1.16. The van der Waals surface area contributed by atoms with Crippen molar-refractivity contribution >= 4 is 23.7 Å². The van der Waals surface area contributed by atoms with E-state index in [1.165, 1.54) is 19.3 Å². The van der Waals surface area contributed by atoms with E-state index >= 15 is 0 Å². The third kappa shape index (κ3) is 3.29. The van der Waals surface area contributed by atoms with E-state index in [-0.39, 0.29) is 5.15 Å². The van der Waals surface area contributed by atoms with Crippen molar-refractivity contribution in [1.29, 1.82) is 0 Å². The van der Waals surface area contributed by atoms with Crippen LogP contribution in [0.5, 0.6) is 0 Å². The Morgan fingerprint density at radius 3 is 2.65 bits per heavy atom. The van der Waals surface area contributed by atoms with E-state index in [1.807, 2.05) is 0 Å². The van der Waals surface area contributed by atoms with Gasteiger partial charge in [0.1, 0.15) is 16.8 Å². The van der Waals surface area contributed by atoms with E-state index in [0.29, 0.717) is 35.1 Å². The molecule has 1 aromatic rings. The van der Waals surface area contributed by atoms with Crippen molar-refractivity contribution in [3.63, 3.8) is 0 Å². The number of nitrogens with zero attached hydrogens (tertiary/aromatic N) is 2. The van der Waals surface area contributed by atoms with E-state index in [0.717, 1.165) is 12.7 Å². The molecule has 5 heteroatoms. The molecule has 4 nitrogen and oxygen atoms in total. The molecule has 2 atom stereocenters. The zero-order chi connectivity index (χ0) is 14.7. The first-order valence-electron chi connectivity index (χ1n) is 7.28. The lowest BCUT2D eigenvalue weighted by molar-refractivity contribution is 0.112. The smallest absolute Gasteiger partial charge is 0.156 e. The molecule has 1 heterocycles. The second-order valence-corrected chi connectivity index (χ2v) is 6.24. The fourth-order valence-corrected chi connectivity index (χ4v) is 3.33. The molecule has 0 saturated heterocycles. The van der Waals surface area contributed by atoms with E-state index in [1.54, 1.807) is 6.92 Å². The summed E-state index contributed by atoms with van der Waals surface area (Å²) in [6.07, 6.45) is 5.57. The molecule has 20 heavy (non-hydrogen) atoms. The highest BCUT2D eigenvalue weighted by Crippen LogP contribution is 2.33. The predicted octanol–water partition coefficient (Wildman–Crippen LogP) is 3.88. The third-order valence-electron chi connectivity index (χ3n) is 4.13. The summed E-state index contributed by atoms with van der Waals surface area (Å²) in [4.78, 5) is 19.6. The van der Waals surface area contributed by atoms with Crippen LogP contribution < -0.4 is 5.32 Å². The van der Waals surface area contributed by atoms with Gasteiger partial charge >= 0.3 is 0 Å². The van der Waals surface area contributed by atoms with Gasteiger partial charge in [-0.05, 0) is 31.6 Å². The van der Waals surface area contributed by atoms with Crippen LogP contribution in [-0.2, 0) is 0 Å². The summed E-state index contributed by atoms with van der Waals surface area (Å²) < 4.78 is 0. The Morgan fingerprint density at radius 2 is 2.00 bits per heavy atom. The molecular formula is C15H22ClN3O. The quantitative estimate of drug-likeness (QED) is 0.676. The molecule has 0 radical (unpaired) electrons. The lowest BCUT2D eigenvalue weighted by atomic mass is 9.78. The molecule has 0 aromatic carbocycles. The lowest BCUT2D eigenvalue weighted by Gasteiger charge is -2.35. The molecule has 1 aliphatic carbocycles. The van der Waals surface area contributed by atoms with Crippen LogP contribution in [0.15, 0.2) is 0 Å². The maximum Gasteiger partial charge on any atom is 0.156 e. The normalized spacial score (nSPS) is 22.9.